The zero-order valence-corrected chi connectivity index (χ0v) is 15.1. The molecule has 0 unspecified atom stereocenters. The molecule has 2 aromatic carbocycles. The summed E-state index contributed by atoms with van der Waals surface area (Å²) in [6.07, 6.45) is 0. The van der Waals surface area contributed by atoms with Crippen molar-refractivity contribution in [3.05, 3.63) is 68.8 Å². The second kappa shape index (κ2) is 8.64. The van der Waals surface area contributed by atoms with Crippen LogP contribution in [0.25, 0.3) is 0 Å². The summed E-state index contributed by atoms with van der Waals surface area (Å²) in [6.45, 7) is 4.14. The highest BCUT2D eigenvalue weighted by Gasteiger charge is 2.18. The summed E-state index contributed by atoms with van der Waals surface area (Å²) in [5.41, 5.74) is 3.54. The van der Waals surface area contributed by atoms with Crippen molar-refractivity contribution in [2.45, 2.75) is 26.6 Å². The van der Waals surface area contributed by atoms with Crippen LogP contribution in [-0.4, -0.2) is 17.4 Å². The lowest BCUT2D eigenvalue weighted by Crippen LogP contribution is -2.23. The van der Waals surface area contributed by atoms with E-state index >= 15 is 0 Å². The predicted octanol–water partition coefficient (Wildman–Crippen LogP) is 2.95. The smallest absolute Gasteiger partial charge is 0.311 e. The van der Waals surface area contributed by atoms with Gasteiger partial charge in [-0.05, 0) is 35.7 Å². The number of nitro benzene ring substituents is 1. The monoisotopic (exact) mass is 377 g/mol. The molecule has 0 aliphatic carbocycles. The Balaban J connectivity index is 0.00000243. The van der Waals surface area contributed by atoms with Gasteiger partial charge >= 0.3 is 5.69 Å². The number of carbonyl (C=O) groups is 1. The highest BCUT2D eigenvalue weighted by Crippen LogP contribution is 2.28. The van der Waals surface area contributed by atoms with E-state index in [0.29, 0.717) is 13.2 Å². The van der Waals surface area contributed by atoms with Crippen LogP contribution >= 0.6 is 12.4 Å². The molecule has 0 fully saturated rings. The van der Waals surface area contributed by atoms with Crippen LogP contribution in [0.2, 0.25) is 0 Å². The van der Waals surface area contributed by atoms with Gasteiger partial charge in [-0.15, -0.1) is 12.4 Å². The van der Waals surface area contributed by atoms with E-state index in [-0.39, 0.29) is 35.3 Å². The van der Waals surface area contributed by atoms with Gasteiger partial charge in [-0.2, -0.15) is 0 Å². The summed E-state index contributed by atoms with van der Waals surface area (Å²) >= 11 is 0. The zero-order chi connectivity index (χ0) is 17.8. The van der Waals surface area contributed by atoms with Gasteiger partial charge in [0, 0.05) is 31.3 Å². The first-order valence-electron chi connectivity index (χ1n) is 8.09. The van der Waals surface area contributed by atoms with E-state index < -0.39 is 4.92 Å². The summed E-state index contributed by atoms with van der Waals surface area (Å²) in [7, 11) is 0. The van der Waals surface area contributed by atoms with Gasteiger partial charge in [0.15, 0.2) is 5.75 Å². The van der Waals surface area contributed by atoms with Crippen LogP contribution < -0.4 is 15.4 Å². The molecule has 8 heteroatoms. The number of nitrogens with zero attached hydrogens (tertiary/aromatic N) is 1. The molecule has 0 aromatic heterocycles. The van der Waals surface area contributed by atoms with E-state index in [9.17, 15) is 14.9 Å². The summed E-state index contributed by atoms with van der Waals surface area (Å²) in [4.78, 5) is 22.9. The van der Waals surface area contributed by atoms with Crippen molar-refractivity contribution in [2.75, 3.05) is 6.61 Å². The van der Waals surface area contributed by atoms with Crippen molar-refractivity contribution >= 4 is 24.0 Å². The standard InChI is InChI=1S/C18H19N3O4.ClH/c1-2-25-17-6-5-13(8-16(17)21(23)24)18(22)20-9-12-3-4-14-10-19-11-15(14)7-12;/h3-8,19H,2,9-11H2,1H3,(H,20,22);1H. The lowest BCUT2D eigenvalue weighted by molar-refractivity contribution is -0.385. The third-order valence-corrected chi connectivity index (χ3v) is 4.07. The number of fused-ring (bicyclic) bond motifs is 1. The van der Waals surface area contributed by atoms with Gasteiger partial charge in [0.25, 0.3) is 5.91 Å². The Bertz CT molecular complexity index is 826. The number of nitrogens with one attached hydrogen (secondary N) is 2. The molecule has 0 radical (unpaired) electrons. The van der Waals surface area contributed by atoms with Crippen LogP contribution in [0, 0.1) is 10.1 Å². The highest BCUT2D eigenvalue weighted by molar-refractivity contribution is 5.95. The fraction of sp³-hybridized carbons (Fsp3) is 0.278. The second-order valence-corrected chi connectivity index (χ2v) is 5.76. The minimum Gasteiger partial charge on any atom is -0.487 e. The molecule has 0 spiro atoms. The molecule has 0 bridgehead atoms. The number of halogens is 1. The third kappa shape index (κ3) is 4.30. The molecule has 3 rings (SSSR count). The maximum Gasteiger partial charge on any atom is 0.311 e. The summed E-state index contributed by atoms with van der Waals surface area (Å²) < 4.78 is 5.23. The molecular formula is C18H20ClN3O4. The zero-order valence-electron chi connectivity index (χ0n) is 14.3. The Labute approximate surface area is 157 Å². The van der Waals surface area contributed by atoms with E-state index in [1.807, 2.05) is 6.07 Å². The molecule has 138 valence electrons. The van der Waals surface area contributed by atoms with E-state index in [1.54, 1.807) is 6.92 Å². The molecule has 26 heavy (non-hydrogen) atoms. The average Bonchev–Trinajstić information content (AvgIpc) is 3.07. The number of benzene rings is 2. The van der Waals surface area contributed by atoms with Gasteiger partial charge < -0.3 is 15.4 Å². The molecule has 1 aliphatic heterocycles. The Morgan fingerprint density at radius 1 is 1.23 bits per heavy atom. The van der Waals surface area contributed by atoms with Gasteiger partial charge in [0.2, 0.25) is 0 Å². The molecule has 1 aliphatic rings. The SMILES string of the molecule is CCOc1ccc(C(=O)NCc2ccc3c(c2)CNC3)cc1[N+](=O)[O-].Cl. The third-order valence-electron chi connectivity index (χ3n) is 4.07. The predicted molar refractivity (Wildman–Crippen MR) is 99.7 cm³/mol. The molecule has 0 saturated heterocycles. The van der Waals surface area contributed by atoms with Crippen molar-refractivity contribution in [1.29, 1.82) is 0 Å². The highest BCUT2D eigenvalue weighted by atomic mass is 35.5. The van der Waals surface area contributed by atoms with E-state index in [1.165, 1.54) is 29.3 Å². The number of hydrogen-bond donors (Lipinski definition) is 2. The summed E-state index contributed by atoms with van der Waals surface area (Å²) in [5, 5.41) is 17.2. The number of carbonyl (C=O) groups excluding carboxylic acids is 1. The number of rotatable bonds is 6. The van der Waals surface area contributed by atoms with E-state index in [2.05, 4.69) is 22.8 Å². The lowest BCUT2D eigenvalue weighted by atomic mass is 10.1. The minimum absolute atomic E-state index is 0. The largest absolute Gasteiger partial charge is 0.487 e. The molecule has 1 heterocycles. The quantitative estimate of drug-likeness (QED) is 0.596. The Kier molecular flexibility index (Phi) is 6.54. The van der Waals surface area contributed by atoms with Gasteiger partial charge in [0.05, 0.1) is 11.5 Å². The van der Waals surface area contributed by atoms with Crippen LogP contribution in [0.1, 0.15) is 34.0 Å². The molecule has 0 saturated carbocycles. The maximum absolute atomic E-state index is 12.3. The molecule has 7 nitrogen and oxygen atoms in total. The van der Waals surface area contributed by atoms with Crippen molar-refractivity contribution in [3.63, 3.8) is 0 Å². The topological polar surface area (TPSA) is 93.5 Å². The van der Waals surface area contributed by atoms with Crippen LogP contribution in [0.4, 0.5) is 5.69 Å². The summed E-state index contributed by atoms with van der Waals surface area (Å²) in [5.74, 6) is -0.194. The van der Waals surface area contributed by atoms with Gasteiger partial charge in [0.1, 0.15) is 0 Å². The van der Waals surface area contributed by atoms with E-state index in [0.717, 1.165) is 18.7 Å². The number of nitro groups is 1. The molecule has 2 N–H and O–H groups in total. The van der Waals surface area contributed by atoms with Gasteiger partial charge in [-0.3, -0.25) is 14.9 Å². The summed E-state index contributed by atoms with van der Waals surface area (Å²) in [6, 6.07) is 10.3. The van der Waals surface area contributed by atoms with Crippen molar-refractivity contribution < 1.29 is 14.5 Å². The molecule has 1 amide bonds. The molecule has 0 atom stereocenters. The van der Waals surface area contributed by atoms with E-state index in [4.69, 9.17) is 4.74 Å². The Morgan fingerprint density at radius 2 is 2.00 bits per heavy atom. The first-order chi connectivity index (χ1) is 12.1. The lowest BCUT2D eigenvalue weighted by Gasteiger charge is -2.09. The maximum atomic E-state index is 12.3. The normalized spacial score (nSPS) is 12.0. The van der Waals surface area contributed by atoms with Crippen LogP contribution in [-0.2, 0) is 19.6 Å². The molecular weight excluding hydrogens is 358 g/mol. The average molecular weight is 378 g/mol. The number of ether oxygens (including phenoxy) is 1. The van der Waals surface area contributed by atoms with Crippen molar-refractivity contribution in [2.24, 2.45) is 0 Å². The first-order valence-corrected chi connectivity index (χ1v) is 8.09. The van der Waals surface area contributed by atoms with Crippen LogP contribution in [0.3, 0.4) is 0 Å². The molecule has 2 aromatic rings. The fourth-order valence-electron chi connectivity index (χ4n) is 2.82. The second-order valence-electron chi connectivity index (χ2n) is 5.76. The number of amides is 1. The van der Waals surface area contributed by atoms with Crippen molar-refractivity contribution in [3.8, 4) is 5.75 Å². The minimum atomic E-state index is -0.546. The van der Waals surface area contributed by atoms with Crippen LogP contribution in [0.15, 0.2) is 36.4 Å². The first kappa shape index (κ1) is 19.7. The van der Waals surface area contributed by atoms with Crippen LogP contribution in [0.5, 0.6) is 5.75 Å². The van der Waals surface area contributed by atoms with Crippen molar-refractivity contribution in [1.82, 2.24) is 10.6 Å². The fourth-order valence-corrected chi connectivity index (χ4v) is 2.82. The Hall–Kier alpha value is -2.64. The number of hydrogen-bond acceptors (Lipinski definition) is 5. The van der Waals surface area contributed by atoms with Gasteiger partial charge in [-0.1, -0.05) is 18.2 Å². The van der Waals surface area contributed by atoms with Gasteiger partial charge in [-0.25, -0.2) is 0 Å². The Morgan fingerprint density at radius 3 is 2.73 bits per heavy atom.